The van der Waals surface area contributed by atoms with Crippen molar-refractivity contribution in [3.05, 3.63) is 24.5 Å². The van der Waals surface area contributed by atoms with Crippen LogP contribution >= 0.6 is 0 Å². The molecule has 17 heavy (non-hydrogen) atoms. The van der Waals surface area contributed by atoms with Gasteiger partial charge in [0.05, 0.1) is 17.4 Å². The zero-order valence-corrected chi connectivity index (χ0v) is 10.2. The Morgan fingerprint density at radius 2 is 2.12 bits per heavy atom. The summed E-state index contributed by atoms with van der Waals surface area (Å²) >= 11 is 0. The lowest BCUT2D eigenvalue weighted by atomic mass is 10.2. The minimum atomic E-state index is 1.04. The average molecular weight is 230 g/mol. The van der Waals surface area contributed by atoms with E-state index in [4.69, 9.17) is 0 Å². The molecule has 1 aliphatic heterocycles. The summed E-state index contributed by atoms with van der Waals surface area (Å²) < 4.78 is 0. The molecule has 0 unspecified atom stereocenters. The Labute approximate surface area is 101 Å². The van der Waals surface area contributed by atoms with Crippen LogP contribution in [0.3, 0.4) is 0 Å². The second-order valence-corrected chi connectivity index (χ2v) is 4.75. The van der Waals surface area contributed by atoms with Crippen LogP contribution in [0.25, 0.3) is 11.0 Å². The van der Waals surface area contributed by atoms with Gasteiger partial charge in [0.15, 0.2) is 0 Å². The average Bonchev–Trinajstić information content (AvgIpc) is 2.70. The van der Waals surface area contributed by atoms with E-state index in [0.717, 1.165) is 30.7 Å². The molecule has 1 aromatic carbocycles. The quantitative estimate of drug-likeness (QED) is 0.810. The van der Waals surface area contributed by atoms with E-state index in [1.54, 1.807) is 6.33 Å². The highest BCUT2D eigenvalue weighted by Crippen LogP contribution is 2.20. The molecule has 0 saturated carbocycles. The number of fused-ring (bicyclic) bond motifs is 1. The summed E-state index contributed by atoms with van der Waals surface area (Å²) in [7, 11) is 2.20. The number of aromatic nitrogens is 2. The van der Waals surface area contributed by atoms with Crippen molar-refractivity contribution in [1.29, 1.82) is 0 Å². The molecule has 1 fully saturated rings. The van der Waals surface area contributed by atoms with E-state index in [0.29, 0.717) is 0 Å². The number of hydrogen-bond donors (Lipinski definition) is 1. The van der Waals surface area contributed by atoms with Crippen molar-refractivity contribution in [2.24, 2.45) is 0 Å². The molecule has 2 heterocycles. The Hall–Kier alpha value is -1.55. The topological polar surface area (TPSA) is 35.2 Å². The number of H-pyrrole nitrogens is 1. The number of nitrogens with zero attached hydrogens (tertiary/aromatic N) is 3. The number of anilines is 1. The number of likely N-dealkylation sites (N-methyl/N-ethyl adjacent to an activating group) is 1. The summed E-state index contributed by atoms with van der Waals surface area (Å²) in [5.41, 5.74) is 3.47. The lowest BCUT2D eigenvalue weighted by Gasteiger charge is -2.22. The van der Waals surface area contributed by atoms with Crippen LogP contribution in [-0.2, 0) is 0 Å². The van der Waals surface area contributed by atoms with Gasteiger partial charge in [-0.15, -0.1) is 0 Å². The van der Waals surface area contributed by atoms with Gasteiger partial charge in [-0.25, -0.2) is 4.98 Å². The van der Waals surface area contributed by atoms with Gasteiger partial charge in [-0.1, -0.05) is 0 Å². The fourth-order valence-electron chi connectivity index (χ4n) is 2.42. The van der Waals surface area contributed by atoms with Crippen LogP contribution in [-0.4, -0.2) is 48.1 Å². The first kappa shape index (κ1) is 10.6. The smallest absolute Gasteiger partial charge is 0.0931 e. The number of benzene rings is 1. The van der Waals surface area contributed by atoms with Crippen molar-refractivity contribution < 1.29 is 0 Å². The molecule has 1 aromatic heterocycles. The Balaban J connectivity index is 1.86. The molecule has 4 nitrogen and oxygen atoms in total. The Kier molecular flexibility index (Phi) is 2.73. The zero-order valence-electron chi connectivity index (χ0n) is 10.2. The van der Waals surface area contributed by atoms with Crippen LogP contribution in [0.1, 0.15) is 6.42 Å². The maximum absolute atomic E-state index is 4.25. The summed E-state index contributed by atoms with van der Waals surface area (Å²) in [6.07, 6.45) is 2.99. The number of rotatable bonds is 1. The molecule has 0 spiro atoms. The van der Waals surface area contributed by atoms with Gasteiger partial charge in [-0.2, -0.15) is 0 Å². The normalized spacial score (nSPS) is 18.5. The van der Waals surface area contributed by atoms with Gasteiger partial charge in [-0.3, -0.25) is 0 Å². The second-order valence-electron chi connectivity index (χ2n) is 4.75. The predicted octanol–water partition coefficient (Wildman–Crippen LogP) is 1.70. The van der Waals surface area contributed by atoms with Gasteiger partial charge in [0, 0.05) is 25.3 Å². The van der Waals surface area contributed by atoms with Crippen LogP contribution < -0.4 is 4.90 Å². The van der Waals surface area contributed by atoms with Crippen LogP contribution in [0.4, 0.5) is 5.69 Å². The zero-order chi connectivity index (χ0) is 11.7. The van der Waals surface area contributed by atoms with Gasteiger partial charge < -0.3 is 14.8 Å². The molecule has 1 aliphatic rings. The van der Waals surface area contributed by atoms with Crippen molar-refractivity contribution >= 4 is 16.7 Å². The van der Waals surface area contributed by atoms with Crippen LogP contribution in [0.2, 0.25) is 0 Å². The molecule has 0 radical (unpaired) electrons. The molecular formula is C13H18N4. The SMILES string of the molecule is CN1CCCN(c2ccc3nc[nH]c3c2)CC1. The van der Waals surface area contributed by atoms with Gasteiger partial charge in [0.25, 0.3) is 0 Å². The highest BCUT2D eigenvalue weighted by atomic mass is 15.2. The van der Waals surface area contributed by atoms with Crippen LogP contribution in [0.15, 0.2) is 24.5 Å². The first-order valence-electron chi connectivity index (χ1n) is 6.19. The Morgan fingerprint density at radius 3 is 3.06 bits per heavy atom. The summed E-state index contributed by atoms with van der Waals surface area (Å²) in [6, 6.07) is 6.47. The lowest BCUT2D eigenvalue weighted by Crippen LogP contribution is -2.28. The molecule has 2 aromatic rings. The molecule has 4 heteroatoms. The molecule has 0 atom stereocenters. The van der Waals surface area contributed by atoms with Crippen molar-refractivity contribution in [2.75, 3.05) is 38.1 Å². The molecule has 1 N–H and O–H groups in total. The monoisotopic (exact) mass is 230 g/mol. The van der Waals surface area contributed by atoms with E-state index >= 15 is 0 Å². The first-order valence-corrected chi connectivity index (χ1v) is 6.19. The van der Waals surface area contributed by atoms with E-state index in [9.17, 15) is 0 Å². The van der Waals surface area contributed by atoms with E-state index in [-0.39, 0.29) is 0 Å². The highest BCUT2D eigenvalue weighted by Gasteiger charge is 2.12. The summed E-state index contributed by atoms with van der Waals surface area (Å²) in [5.74, 6) is 0. The van der Waals surface area contributed by atoms with E-state index in [1.165, 1.54) is 18.7 Å². The summed E-state index contributed by atoms with van der Waals surface area (Å²) in [5, 5.41) is 0. The fourth-order valence-corrected chi connectivity index (χ4v) is 2.42. The molecule has 90 valence electrons. The van der Waals surface area contributed by atoms with Gasteiger partial charge >= 0.3 is 0 Å². The second kappa shape index (κ2) is 4.37. The standard InChI is InChI=1S/C13H18N4/c1-16-5-2-6-17(8-7-16)11-3-4-12-13(9-11)15-10-14-12/h3-4,9-10H,2,5-8H2,1H3,(H,14,15). The lowest BCUT2D eigenvalue weighted by molar-refractivity contribution is 0.360. The number of hydrogen-bond acceptors (Lipinski definition) is 3. The van der Waals surface area contributed by atoms with Gasteiger partial charge in [0.1, 0.15) is 0 Å². The maximum atomic E-state index is 4.25. The van der Waals surface area contributed by atoms with Crippen molar-refractivity contribution in [3.63, 3.8) is 0 Å². The number of aromatic amines is 1. The third kappa shape index (κ3) is 2.13. The fraction of sp³-hybridized carbons (Fsp3) is 0.462. The largest absolute Gasteiger partial charge is 0.370 e. The molecule has 3 rings (SSSR count). The van der Waals surface area contributed by atoms with E-state index in [1.807, 2.05) is 0 Å². The minimum Gasteiger partial charge on any atom is -0.370 e. The highest BCUT2D eigenvalue weighted by molar-refractivity contribution is 5.79. The Bertz CT molecular complexity index is 505. The molecule has 0 amide bonds. The van der Waals surface area contributed by atoms with Crippen LogP contribution in [0.5, 0.6) is 0 Å². The minimum absolute atomic E-state index is 1.04. The van der Waals surface area contributed by atoms with Crippen molar-refractivity contribution in [1.82, 2.24) is 14.9 Å². The van der Waals surface area contributed by atoms with Gasteiger partial charge in [0.2, 0.25) is 0 Å². The third-order valence-corrected chi connectivity index (χ3v) is 3.49. The van der Waals surface area contributed by atoms with Crippen molar-refractivity contribution in [2.45, 2.75) is 6.42 Å². The molecule has 0 aliphatic carbocycles. The third-order valence-electron chi connectivity index (χ3n) is 3.49. The summed E-state index contributed by atoms with van der Waals surface area (Å²) in [4.78, 5) is 12.3. The molecule has 0 bridgehead atoms. The summed E-state index contributed by atoms with van der Waals surface area (Å²) in [6.45, 7) is 4.59. The molecular weight excluding hydrogens is 212 g/mol. The predicted molar refractivity (Wildman–Crippen MR) is 70.4 cm³/mol. The van der Waals surface area contributed by atoms with Crippen molar-refractivity contribution in [3.8, 4) is 0 Å². The van der Waals surface area contributed by atoms with E-state index in [2.05, 4.69) is 45.0 Å². The number of imidazole rings is 1. The number of nitrogens with one attached hydrogen (secondary N) is 1. The van der Waals surface area contributed by atoms with E-state index < -0.39 is 0 Å². The Morgan fingerprint density at radius 1 is 1.18 bits per heavy atom. The first-order chi connectivity index (χ1) is 8.33. The maximum Gasteiger partial charge on any atom is 0.0931 e. The molecule has 1 saturated heterocycles. The van der Waals surface area contributed by atoms with Gasteiger partial charge in [-0.05, 0) is 38.2 Å². The van der Waals surface area contributed by atoms with Crippen LogP contribution in [0, 0.1) is 0 Å².